The van der Waals surface area contributed by atoms with Gasteiger partial charge in [0.1, 0.15) is 17.7 Å². The molecule has 13 heteroatoms. The van der Waals surface area contributed by atoms with Crippen molar-refractivity contribution in [2.75, 3.05) is 10.6 Å². The topological polar surface area (TPSA) is 141 Å². The smallest absolute Gasteiger partial charge is 0.870 e. The standard InChI is InChI=1S/C11H8FN3S.C11H9FN2O2S.CH4.Na.H2O/c12-8-4-9-10(3-6(8)5-13)16-11(15-9)14-7-1-2-7;12-7-4-8-9(3-6(7)10(15)16)17-11(14-8)13-5-1-2-5;;;/h3-4,7H,1-2H2,(H,14,15);3-5H,1-2H2,(H,13,14)(H,15,16);1H4;;1H2/q;;;+1;/p-1. The van der Waals surface area contributed by atoms with Crippen LogP contribution in [0.3, 0.4) is 0 Å². The molecule has 0 bridgehead atoms. The molecule has 2 aromatic heterocycles. The van der Waals surface area contributed by atoms with E-state index in [2.05, 4.69) is 20.6 Å². The first-order chi connectivity index (χ1) is 15.9. The molecule has 2 aliphatic rings. The van der Waals surface area contributed by atoms with Crippen molar-refractivity contribution >= 4 is 59.3 Å². The zero-order valence-electron chi connectivity index (χ0n) is 18.5. The maximum absolute atomic E-state index is 13.4. The monoisotopic (exact) mass is 541 g/mol. The van der Waals surface area contributed by atoms with Gasteiger partial charge in [-0.3, -0.25) is 0 Å². The number of benzene rings is 2. The fourth-order valence-corrected chi connectivity index (χ4v) is 5.00. The first kappa shape index (κ1) is 29.8. The second-order valence-electron chi connectivity index (χ2n) is 7.89. The van der Waals surface area contributed by atoms with E-state index in [1.807, 2.05) is 6.07 Å². The number of rotatable bonds is 5. The number of nitrogens with one attached hydrogen (secondary N) is 2. The van der Waals surface area contributed by atoms with Gasteiger partial charge in [0, 0.05) is 24.2 Å². The summed E-state index contributed by atoms with van der Waals surface area (Å²) in [7, 11) is 0. The van der Waals surface area contributed by atoms with Crippen LogP contribution in [0.15, 0.2) is 24.3 Å². The number of nitriles is 1. The second-order valence-corrected chi connectivity index (χ2v) is 9.95. The van der Waals surface area contributed by atoms with Crippen LogP contribution in [-0.4, -0.2) is 38.6 Å². The minimum absolute atomic E-state index is 0. The number of carboxylic acids is 1. The number of thiazole rings is 2. The number of aromatic nitrogens is 2. The third-order valence-electron chi connectivity index (χ3n) is 5.12. The Morgan fingerprint density at radius 3 is 1.86 bits per heavy atom. The summed E-state index contributed by atoms with van der Waals surface area (Å²) in [6, 6.07) is 8.22. The molecule has 0 atom stereocenters. The predicted molar refractivity (Wildman–Crippen MR) is 133 cm³/mol. The molecule has 2 fully saturated rings. The minimum Gasteiger partial charge on any atom is -0.870 e. The quantitative estimate of drug-likeness (QED) is 0.328. The van der Waals surface area contributed by atoms with Crippen molar-refractivity contribution in [3.05, 3.63) is 47.0 Å². The van der Waals surface area contributed by atoms with Gasteiger partial charge in [-0.2, -0.15) is 5.26 Å². The first-order valence-electron chi connectivity index (χ1n) is 10.3. The van der Waals surface area contributed by atoms with Crippen molar-refractivity contribution < 1.29 is 53.7 Å². The Balaban J connectivity index is 0.000000234. The number of hydrogen-bond donors (Lipinski definition) is 3. The van der Waals surface area contributed by atoms with Crippen LogP contribution in [0.1, 0.15) is 49.0 Å². The molecular formula is C23H22F2N5NaO3S2. The van der Waals surface area contributed by atoms with E-state index in [0.29, 0.717) is 27.8 Å². The van der Waals surface area contributed by atoms with Crippen molar-refractivity contribution in [1.29, 1.82) is 5.26 Å². The largest absolute Gasteiger partial charge is 1.00 e. The van der Waals surface area contributed by atoms with Gasteiger partial charge in [0.15, 0.2) is 10.3 Å². The second kappa shape index (κ2) is 12.2. The van der Waals surface area contributed by atoms with Crippen LogP contribution < -0.4 is 40.2 Å². The van der Waals surface area contributed by atoms with Crippen LogP contribution in [-0.2, 0) is 0 Å². The van der Waals surface area contributed by atoms with E-state index >= 15 is 0 Å². The van der Waals surface area contributed by atoms with Crippen molar-refractivity contribution in [2.45, 2.75) is 45.2 Å². The fourth-order valence-electron chi connectivity index (χ4n) is 3.07. The van der Waals surface area contributed by atoms with Crippen molar-refractivity contribution in [1.82, 2.24) is 9.97 Å². The molecule has 2 aliphatic carbocycles. The summed E-state index contributed by atoms with van der Waals surface area (Å²) >= 11 is 2.82. The Bertz CT molecular complexity index is 1430. The fraction of sp³-hybridized carbons (Fsp3) is 0.304. The number of aromatic carboxylic acids is 1. The number of hydrogen-bond acceptors (Lipinski definition) is 9. The van der Waals surface area contributed by atoms with E-state index < -0.39 is 17.6 Å². The van der Waals surface area contributed by atoms with Gasteiger partial charge in [-0.05, 0) is 37.8 Å². The molecule has 8 nitrogen and oxygen atoms in total. The van der Waals surface area contributed by atoms with Gasteiger partial charge in [0.2, 0.25) is 0 Å². The molecule has 0 amide bonds. The van der Waals surface area contributed by atoms with E-state index in [0.717, 1.165) is 27.8 Å². The van der Waals surface area contributed by atoms with E-state index in [1.165, 1.54) is 53.7 Å². The molecule has 0 unspecified atom stereocenters. The van der Waals surface area contributed by atoms with Crippen LogP contribution in [0.5, 0.6) is 0 Å². The molecule has 2 heterocycles. The Morgan fingerprint density at radius 2 is 1.42 bits per heavy atom. The zero-order valence-corrected chi connectivity index (χ0v) is 22.1. The third kappa shape index (κ3) is 6.88. The molecule has 6 rings (SSSR count). The van der Waals surface area contributed by atoms with Gasteiger partial charge in [-0.1, -0.05) is 30.1 Å². The van der Waals surface area contributed by atoms with Crippen LogP contribution in [0, 0.1) is 23.0 Å². The molecule has 4 aromatic rings. The molecule has 4 N–H and O–H groups in total. The van der Waals surface area contributed by atoms with Crippen LogP contribution in [0.2, 0.25) is 0 Å². The molecule has 0 radical (unpaired) electrons. The minimum atomic E-state index is -1.26. The van der Waals surface area contributed by atoms with Gasteiger partial charge in [-0.15, -0.1) is 0 Å². The summed E-state index contributed by atoms with van der Waals surface area (Å²) in [5.41, 5.74) is 0.888. The summed E-state index contributed by atoms with van der Waals surface area (Å²) < 4.78 is 28.3. The van der Waals surface area contributed by atoms with Crippen molar-refractivity contribution in [3.8, 4) is 6.07 Å². The molecule has 36 heavy (non-hydrogen) atoms. The van der Waals surface area contributed by atoms with E-state index in [9.17, 15) is 13.6 Å². The van der Waals surface area contributed by atoms with E-state index in [1.54, 1.807) is 6.07 Å². The molecule has 0 spiro atoms. The number of nitrogens with zero attached hydrogens (tertiary/aromatic N) is 3. The molecular weight excluding hydrogens is 519 g/mol. The van der Waals surface area contributed by atoms with E-state index in [-0.39, 0.29) is 53.6 Å². The summed E-state index contributed by atoms with van der Waals surface area (Å²) in [6.07, 6.45) is 4.61. The molecule has 2 aromatic carbocycles. The maximum Gasteiger partial charge on any atom is 1.00 e. The van der Waals surface area contributed by atoms with Crippen molar-refractivity contribution in [2.24, 2.45) is 0 Å². The van der Waals surface area contributed by atoms with Gasteiger partial charge in [0.25, 0.3) is 0 Å². The zero-order chi connectivity index (χ0) is 23.1. The Kier molecular flexibility index (Phi) is 10.1. The Morgan fingerprint density at radius 1 is 0.944 bits per heavy atom. The summed E-state index contributed by atoms with van der Waals surface area (Å²) in [5, 5.41) is 25.5. The SMILES string of the molecule is C.N#Cc1cc2sc(NC3CC3)nc2cc1F.O=C(O)c1cc2sc(NC3CC3)nc2cc1F.[Na+].[OH-]. The third-order valence-corrected chi connectivity index (χ3v) is 7.01. The van der Waals surface area contributed by atoms with Crippen LogP contribution >= 0.6 is 22.7 Å². The molecule has 2 saturated carbocycles. The van der Waals surface area contributed by atoms with Gasteiger partial charge in [0.05, 0.1) is 31.6 Å². The molecule has 0 saturated heterocycles. The average Bonchev–Trinajstić information content (AvgIpc) is 3.67. The number of carboxylic acid groups (broad SMARTS) is 1. The van der Waals surface area contributed by atoms with Gasteiger partial charge >= 0.3 is 35.5 Å². The van der Waals surface area contributed by atoms with Crippen LogP contribution in [0.25, 0.3) is 20.4 Å². The average molecular weight is 542 g/mol. The maximum atomic E-state index is 13.4. The van der Waals surface area contributed by atoms with Gasteiger partial charge < -0.3 is 21.2 Å². The number of fused-ring (bicyclic) bond motifs is 2. The molecule has 0 aliphatic heterocycles. The van der Waals surface area contributed by atoms with Gasteiger partial charge in [-0.25, -0.2) is 23.5 Å². The van der Waals surface area contributed by atoms with Crippen molar-refractivity contribution in [3.63, 3.8) is 0 Å². The summed E-state index contributed by atoms with van der Waals surface area (Å²) in [4.78, 5) is 19.3. The number of anilines is 2. The van der Waals surface area contributed by atoms with E-state index in [4.69, 9.17) is 10.4 Å². The summed E-state index contributed by atoms with van der Waals surface area (Å²) in [5.74, 6) is -2.50. The molecule has 184 valence electrons. The Labute approximate surface area is 236 Å². The first-order valence-corrected chi connectivity index (χ1v) is 11.9. The number of carbonyl (C=O) groups is 1. The Hall–Kier alpha value is -2.40. The number of halogens is 2. The normalized spacial score (nSPS) is 13.8. The summed E-state index contributed by atoms with van der Waals surface area (Å²) in [6.45, 7) is 0. The predicted octanol–water partition coefficient (Wildman–Crippen LogP) is 3.05. The van der Waals surface area contributed by atoms with Crippen LogP contribution in [0.4, 0.5) is 19.0 Å².